The van der Waals surface area contributed by atoms with Crippen molar-refractivity contribution in [2.24, 2.45) is 7.05 Å². The van der Waals surface area contributed by atoms with Crippen LogP contribution in [0.2, 0.25) is 0 Å². The summed E-state index contributed by atoms with van der Waals surface area (Å²) < 4.78 is 7.83. The van der Waals surface area contributed by atoms with E-state index in [0.29, 0.717) is 6.61 Å². The fraction of sp³-hybridized carbons (Fsp3) is 0.308. The average Bonchev–Trinajstić information content (AvgIpc) is 2.63. The molecule has 0 N–H and O–H groups in total. The number of hydrogen-bond acceptors (Lipinski definition) is 3. The van der Waals surface area contributed by atoms with Crippen LogP contribution in [0.15, 0.2) is 35.5 Å². The van der Waals surface area contributed by atoms with Gasteiger partial charge >= 0.3 is 0 Å². The van der Waals surface area contributed by atoms with Crippen LogP contribution in [-0.2, 0) is 13.7 Å². The summed E-state index contributed by atoms with van der Waals surface area (Å²) in [5.74, 6) is 0.888. The van der Waals surface area contributed by atoms with E-state index in [1.807, 2.05) is 50.6 Å². The SMILES string of the molecule is CSc1nc(C)c(COc2ccccc2)n1C. The van der Waals surface area contributed by atoms with Crippen LogP contribution in [0.5, 0.6) is 5.75 Å². The van der Waals surface area contributed by atoms with Gasteiger partial charge in [0.1, 0.15) is 12.4 Å². The van der Waals surface area contributed by atoms with E-state index in [2.05, 4.69) is 9.55 Å². The lowest BCUT2D eigenvalue weighted by Gasteiger charge is -2.08. The Morgan fingerprint density at radius 1 is 1.29 bits per heavy atom. The van der Waals surface area contributed by atoms with E-state index in [-0.39, 0.29) is 0 Å². The highest BCUT2D eigenvalue weighted by atomic mass is 32.2. The molecular formula is C13H16N2OS. The summed E-state index contributed by atoms with van der Waals surface area (Å²) in [6, 6.07) is 9.84. The van der Waals surface area contributed by atoms with E-state index in [1.165, 1.54) is 0 Å². The van der Waals surface area contributed by atoms with Crippen molar-refractivity contribution in [2.75, 3.05) is 6.26 Å². The summed E-state index contributed by atoms with van der Waals surface area (Å²) in [5, 5.41) is 1.02. The molecule has 0 fully saturated rings. The number of thioether (sulfide) groups is 1. The summed E-state index contributed by atoms with van der Waals surface area (Å²) in [5.41, 5.74) is 2.16. The lowest BCUT2D eigenvalue weighted by atomic mass is 10.3. The Bertz CT molecular complexity index is 494. The second-order valence-corrected chi connectivity index (χ2v) is 4.56. The topological polar surface area (TPSA) is 27.1 Å². The normalized spacial score (nSPS) is 10.5. The van der Waals surface area contributed by atoms with Gasteiger partial charge in [0.2, 0.25) is 0 Å². The fourth-order valence-electron chi connectivity index (χ4n) is 1.69. The van der Waals surface area contributed by atoms with Gasteiger partial charge in [-0.25, -0.2) is 4.98 Å². The van der Waals surface area contributed by atoms with Gasteiger partial charge < -0.3 is 9.30 Å². The van der Waals surface area contributed by atoms with Gasteiger partial charge in [0.15, 0.2) is 5.16 Å². The first-order valence-corrected chi connectivity index (χ1v) is 6.69. The highest BCUT2D eigenvalue weighted by molar-refractivity contribution is 7.98. The van der Waals surface area contributed by atoms with Gasteiger partial charge in [0, 0.05) is 7.05 Å². The van der Waals surface area contributed by atoms with E-state index < -0.39 is 0 Å². The van der Waals surface area contributed by atoms with E-state index in [1.54, 1.807) is 11.8 Å². The summed E-state index contributed by atoms with van der Waals surface area (Å²) in [6.45, 7) is 2.57. The van der Waals surface area contributed by atoms with Gasteiger partial charge in [0.25, 0.3) is 0 Å². The molecule has 2 aromatic rings. The lowest BCUT2D eigenvalue weighted by molar-refractivity contribution is 0.295. The Kier molecular flexibility index (Phi) is 3.74. The second kappa shape index (κ2) is 5.27. The highest BCUT2D eigenvalue weighted by Gasteiger charge is 2.10. The molecule has 0 radical (unpaired) electrons. The van der Waals surface area contributed by atoms with Crippen LogP contribution in [0, 0.1) is 6.92 Å². The first-order valence-electron chi connectivity index (χ1n) is 5.46. The third-order valence-corrected chi connectivity index (χ3v) is 3.40. The van der Waals surface area contributed by atoms with Crippen LogP contribution in [-0.4, -0.2) is 15.8 Å². The van der Waals surface area contributed by atoms with Crippen molar-refractivity contribution in [3.63, 3.8) is 0 Å². The number of ether oxygens (including phenoxy) is 1. The molecule has 0 aliphatic rings. The van der Waals surface area contributed by atoms with E-state index in [9.17, 15) is 0 Å². The van der Waals surface area contributed by atoms with Crippen molar-refractivity contribution >= 4 is 11.8 Å². The van der Waals surface area contributed by atoms with Gasteiger partial charge in [-0.1, -0.05) is 30.0 Å². The lowest BCUT2D eigenvalue weighted by Crippen LogP contribution is -2.04. The summed E-state index contributed by atoms with van der Waals surface area (Å²) in [6.07, 6.45) is 2.03. The first kappa shape index (κ1) is 12.0. The maximum atomic E-state index is 5.74. The van der Waals surface area contributed by atoms with Gasteiger partial charge in [-0.2, -0.15) is 0 Å². The van der Waals surface area contributed by atoms with Crippen molar-refractivity contribution < 1.29 is 4.74 Å². The molecule has 1 aromatic carbocycles. The molecule has 0 aliphatic heterocycles. The minimum Gasteiger partial charge on any atom is -0.487 e. The quantitative estimate of drug-likeness (QED) is 0.778. The molecular weight excluding hydrogens is 232 g/mol. The second-order valence-electron chi connectivity index (χ2n) is 3.79. The molecule has 0 bridgehead atoms. The number of aryl methyl sites for hydroxylation is 1. The van der Waals surface area contributed by atoms with Crippen LogP contribution in [0.4, 0.5) is 0 Å². The maximum Gasteiger partial charge on any atom is 0.167 e. The zero-order chi connectivity index (χ0) is 12.3. The van der Waals surface area contributed by atoms with Gasteiger partial charge in [0.05, 0.1) is 11.4 Å². The zero-order valence-corrected chi connectivity index (χ0v) is 11.1. The molecule has 1 aromatic heterocycles. The molecule has 90 valence electrons. The molecule has 0 unspecified atom stereocenters. The van der Waals surface area contributed by atoms with Crippen LogP contribution in [0.3, 0.4) is 0 Å². The maximum absolute atomic E-state index is 5.74. The molecule has 0 saturated heterocycles. The number of aromatic nitrogens is 2. The first-order chi connectivity index (χ1) is 8.22. The van der Waals surface area contributed by atoms with Crippen LogP contribution in [0.25, 0.3) is 0 Å². The number of para-hydroxylation sites is 1. The van der Waals surface area contributed by atoms with E-state index in [4.69, 9.17) is 4.74 Å². The van der Waals surface area contributed by atoms with Gasteiger partial charge in [-0.15, -0.1) is 0 Å². The number of imidazole rings is 1. The van der Waals surface area contributed by atoms with E-state index >= 15 is 0 Å². The molecule has 4 heteroatoms. The van der Waals surface area contributed by atoms with E-state index in [0.717, 1.165) is 22.3 Å². The van der Waals surface area contributed by atoms with Crippen molar-refractivity contribution in [1.82, 2.24) is 9.55 Å². The standard InChI is InChI=1S/C13H16N2OS/c1-10-12(15(2)13(14-10)17-3)9-16-11-7-5-4-6-8-11/h4-8H,9H2,1-3H3. The van der Waals surface area contributed by atoms with Crippen LogP contribution >= 0.6 is 11.8 Å². The molecule has 0 spiro atoms. The monoisotopic (exact) mass is 248 g/mol. The van der Waals surface area contributed by atoms with Crippen molar-refractivity contribution in [1.29, 1.82) is 0 Å². The van der Waals surface area contributed by atoms with Gasteiger partial charge in [-0.3, -0.25) is 0 Å². The molecule has 1 heterocycles. The predicted molar refractivity (Wildman–Crippen MR) is 70.5 cm³/mol. The van der Waals surface area contributed by atoms with Gasteiger partial charge in [-0.05, 0) is 25.3 Å². The minimum absolute atomic E-state index is 0.555. The Morgan fingerprint density at radius 3 is 2.59 bits per heavy atom. The fourth-order valence-corrected chi connectivity index (χ4v) is 2.31. The Morgan fingerprint density at radius 2 is 2.00 bits per heavy atom. The Balaban J connectivity index is 2.12. The van der Waals surface area contributed by atoms with Crippen LogP contribution < -0.4 is 4.74 Å². The number of rotatable bonds is 4. The smallest absolute Gasteiger partial charge is 0.167 e. The zero-order valence-electron chi connectivity index (χ0n) is 10.3. The molecule has 17 heavy (non-hydrogen) atoms. The van der Waals surface area contributed by atoms with Crippen molar-refractivity contribution in [3.8, 4) is 5.75 Å². The Labute approximate surface area is 106 Å². The number of nitrogens with zero attached hydrogens (tertiary/aromatic N) is 2. The largest absolute Gasteiger partial charge is 0.487 e. The third kappa shape index (κ3) is 2.64. The average molecular weight is 248 g/mol. The molecule has 0 aliphatic carbocycles. The Hall–Kier alpha value is -1.42. The highest BCUT2D eigenvalue weighted by Crippen LogP contribution is 2.19. The third-order valence-electron chi connectivity index (χ3n) is 2.67. The molecule has 0 amide bonds. The predicted octanol–water partition coefficient (Wildman–Crippen LogP) is 3.03. The minimum atomic E-state index is 0.555. The van der Waals surface area contributed by atoms with Crippen molar-refractivity contribution in [3.05, 3.63) is 41.7 Å². The summed E-state index contributed by atoms with van der Waals surface area (Å²) in [4.78, 5) is 4.49. The molecule has 2 rings (SSSR count). The molecule has 0 atom stereocenters. The van der Waals surface area contributed by atoms with Crippen molar-refractivity contribution in [2.45, 2.75) is 18.7 Å². The molecule has 0 saturated carbocycles. The molecule has 3 nitrogen and oxygen atoms in total. The summed E-state index contributed by atoms with van der Waals surface area (Å²) >= 11 is 1.65. The number of benzene rings is 1. The number of hydrogen-bond donors (Lipinski definition) is 0. The van der Waals surface area contributed by atoms with Crippen LogP contribution in [0.1, 0.15) is 11.4 Å². The summed E-state index contributed by atoms with van der Waals surface area (Å²) in [7, 11) is 2.02.